The van der Waals surface area contributed by atoms with Gasteiger partial charge in [-0.05, 0) is 12.8 Å². The standard InChI is InChI=1S/C14H26F3NO2/c1-3-5-7-8-9-11(12(18)14(15,16)17)13(19)20-10-6-4-2/h11-12H,3-10,18H2,1-2H3/t11-,12-/m0/s1. The summed E-state index contributed by atoms with van der Waals surface area (Å²) in [5.41, 5.74) is 5.19. The Hall–Kier alpha value is -0.780. The SMILES string of the molecule is CCCCCC[C@H](C(=O)OCCCC)[C@H](N)C(F)(F)F. The Bertz CT molecular complexity index is 270. The molecule has 0 unspecified atom stereocenters. The third-order valence-corrected chi connectivity index (χ3v) is 3.23. The van der Waals surface area contributed by atoms with Crippen LogP contribution in [-0.4, -0.2) is 24.8 Å². The van der Waals surface area contributed by atoms with Crippen LogP contribution in [0.15, 0.2) is 0 Å². The third kappa shape index (κ3) is 7.72. The summed E-state index contributed by atoms with van der Waals surface area (Å²) >= 11 is 0. The number of alkyl halides is 3. The largest absolute Gasteiger partial charge is 0.465 e. The van der Waals surface area contributed by atoms with Crippen molar-refractivity contribution in [3.8, 4) is 0 Å². The molecule has 2 N–H and O–H groups in total. The van der Waals surface area contributed by atoms with Crippen LogP contribution in [0.25, 0.3) is 0 Å². The van der Waals surface area contributed by atoms with Crippen LogP contribution >= 0.6 is 0 Å². The summed E-state index contributed by atoms with van der Waals surface area (Å²) in [6.07, 6.45) is 0.320. The number of carbonyl (C=O) groups excluding carboxylic acids is 1. The molecule has 0 amide bonds. The van der Waals surface area contributed by atoms with E-state index in [9.17, 15) is 18.0 Å². The molecule has 0 heterocycles. The minimum atomic E-state index is -4.57. The molecule has 2 atom stereocenters. The number of halogens is 3. The summed E-state index contributed by atoms with van der Waals surface area (Å²) in [5, 5.41) is 0. The van der Waals surface area contributed by atoms with Crippen molar-refractivity contribution < 1.29 is 22.7 Å². The summed E-state index contributed by atoms with van der Waals surface area (Å²) in [4.78, 5) is 11.8. The second-order valence-corrected chi connectivity index (χ2v) is 5.04. The predicted molar refractivity (Wildman–Crippen MR) is 72.1 cm³/mol. The van der Waals surface area contributed by atoms with Crippen LogP contribution < -0.4 is 5.73 Å². The Morgan fingerprint density at radius 1 is 1.10 bits per heavy atom. The van der Waals surface area contributed by atoms with Crippen LogP contribution in [0, 0.1) is 5.92 Å². The fraction of sp³-hybridized carbons (Fsp3) is 0.929. The van der Waals surface area contributed by atoms with E-state index in [-0.39, 0.29) is 13.0 Å². The monoisotopic (exact) mass is 297 g/mol. The molecule has 0 spiro atoms. The first-order valence-electron chi connectivity index (χ1n) is 7.33. The van der Waals surface area contributed by atoms with Crippen LogP contribution in [0.4, 0.5) is 13.2 Å². The number of nitrogens with two attached hydrogens (primary N) is 1. The Balaban J connectivity index is 4.48. The average Bonchev–Trinajstić information content (AvgIpc) is 2.37. The minimum Gasteiger partial charge on any atom is -0.465 e. The molecule has 0 bridgehead atoms. The quantitative estimate of drug-likeness (QED) is 0.493. The summed E-state index contributed by atoms with van der Waals surface area (Å²) in [5.74, 6) is -2.11. The topological polar surface area (TPSA) is 52.3 Å². The van der Waals surface area contributed by atoms with Gasteiger partial charge < -0.3 is 10.5 Å². The molecule has 0 aliphatic carbocycles. The van der Waals surface area contributed by atoms with Crippen molar-refractivity contribution in [3.63, 3.8) is 0 Å². The number of esters is 1. The fourth-order valence-electron chi connectivity index (χ4n) is 1.89. The van der Waals surface area contributed by atoms with Crippen LogP contribution in [0.2, 0.25) is 0 Å². The zero-order valence-electron chi connectivity index (χ0n) is 12.3. The number of hydrogen-bond donors (Lipinski definition) is 1. The molecule has 0 fully saturated rings. The van der Waals surface area contributed by atoms with Crippen molar-refractivity contribution in [2.75, 3.05) is 6.61 Å². The van der Waals surface area contributed by atoms with E-state index in [1.165, 1.54) is 0 Å². The van der Waals surface area contributed by atoms with Crippen molar-refractivity contribution in [2.24, 2.45) is 11.7 Å². The molecule has 0 aromatic rings. The van der Waals surface area contributed by atoms with E-state index >= 15 is 0 Å². The van der Waals surface area contributed by atoms with Crippen LogP contribution in [-0.2, 0) is 9.53 Å². The average molecular weight is 297 g/mol. The Kier molecular flexibility index (Phi) is 9.63. The zero-order chi connectivity index (χ0) is 15.6. The van der Waals surface area contributed by atoms with Gasteiger partial charge in [0.1, 0.15) is 6.04 Å². The second kappa shape index (κ2) is 10.0. The maximum Gasteiger partial charge on any atom is 0.404 e. The molecule has 120 valence electrons. The predicted octanol–water partition coefficient (Wildman–Crippen LogP) is 3.81. The lowest BCUT2D eigenvalue weighted by atomic mass is 9.93. The molecule has 0 radical (unpaired) electrons. The normalized spacial score (nSPS) is 14.9. The molecule has 0 aromatic heterocycles. The van der Waals surface area contributed by atoms with Crippen molar-refractivity contribution in [3.05, 3.63) is 0 Å². The number of unbranched alkanes of at least 4 members (excludes halogenated alkanes) is 4. The van der Waals surface area contributed by atoms with Gasteiger partial charge in [0, 0.05) is 0 Å². The highest BCUT2D eigenvalue weighted by molar-refractivity contribution is 5.73. The van der Waals surface area contributed by atoms with E-state index in [0.717, 1.165) is 25.7 Å². The lowest BCUT2D eigenvalue weighted by Gasteiger charge is -2.24. The molecule has 0 saturated carbocycles. The van der Waals surface area contributed by atoms with E-state index < -0.39 is 24.1 Å². The molecule has 0 saturated heterocycles. The Labute approximate surface area is 119 Å². The number of hydrogen-bond acceptors (Lipinski definition) is 3. The smallest absolute Gasteiger partial charge is 0.404 e. The maximum absolute atomic E-state index is 12.7. The highest BCUT2D eigenvalue weighted by atomic mass is 19.4. The minimum absolute atomic E-state index is 0.131. The molecule has 0 rings (SSSR count). The lowest BCUT2D eigenvalue weighted by Crippen LogP contribution is -2.47. The van der Waals surface area contributed by atoms with Crippen LogP contribution in [0.5, 0.6) is 0 Å². The van der Waals surface area contributed by atoms with Crippen molar-refractivity contribution in [2.45, 2.75) is 71.0 Å². The first kappa shape index (κ1) is 19.2. The second-order valence-electron chi connectivity index (χ2n) is 5.04. The Morgan fingerprint density at radius 3 is 2.20 bits per heavy atom. The van der Waals surface area contributed by atoms with E-state index in [0.29, 0.717) is 12.8 Å². The summed E-state index contributed by atoms with van der Waals surface area (Å²) in [6.45, 7) is 4.08. The first-order valence-corrected chi connectivity index (χ1v) is 7.33. The van der Waals surface area contributed by atoms with Gasteiger partial charge in [-0.15, -0.1) is 0 Å². The molecule has 3 nitrogen and oxygen atoms in total. The maximum atomic E-state index is 12.7. The van der Waals surface area contributed by atoms with Crippen molar-refractivity contribution in [1.29, 1.82) is 0 Å². The van der Waals surface area contributed by atoms with E-state index in [4.69, 9.17) is 10.5 Å². The molecular weight excluding hydrogens is 271 g/mol. The van der Waals surface area contributed by atoms with Gasteiger partial charge in [-0.1, -0.05) is 46.0 Å². The molecular formula is C14H26F3NO2. The summed E-state index contributed by atoms with van der Waals surface area (Å²) in [6, 6.07) is -2.14. The van der Waals surface area contributed by atoms with Gasteiger partial charge in [-0.2, -0.15) is 13.2 Å². The fourth-order valence-corrected chi connectivity index (χ4v) is 1.89. The third-order valence-electron chi connectivity index (χ3n) is 3.23. The van der Waals surface area contributed by atoms with Gasteiger partial charge >= 0.3 is 12.1 Å². The number of ether oxygens (including phenoxy) is 1. The molecule has 20 heavy (non-hydrogen) atoms. The van der Waals surface area contributed by atoms with E-state index in [1.54, 1.807) is 0 Å². The van der Waals surface area contributed by atoms with Gasteiger partial charge in [0.15, 0.2) is 0 Å². The molecule has 6 heteroatoms. The first-order chi connectivity index (χ1) is 9.34. The van der Waals surface area contributed by atoms with Crippen LogP contribution in [0.1, 0.15) is 58.8 Å². The van der Waals surface area contributed by atoms with E-state index in [1.807, 2.05) is 13.8 Å². The molecule has 0 aliphatic rings. The highest BCUT2D eigenvalue weighted by Crippen LogP contribution is 2.28. The molecule has 0 aromatic carbocycles. The van der Waals surface area contributed by atoms with Gasteiger partial charge in [0.25, 0.3) is 0 Å². The zero-order valence-corrected chi connectivity index (χ0v) is 12.3. The highest BCUT2D eigenvalue weighted by Gasteiger charge is 2.45. The number of carbonyl (C=O) groups is 1. The van der Waals surface area contributed by atoms with Gasteiger partial charge in [0.2, 0.25) is 0 Å². The van der Waals surface area contributed by atoms with Gasteiger partial charge in [-0.25, -0.2) is 0 Å². The van der Waals surface area contributed by atoms with E-state index in [2.05, 4.69) is 0 Å². The van der Waals surface area contributed by atoms with Crippen molar-refractivity contribution >= 4 is 5.97 Å². The summed E-state index contributed by atoms with van der Waals surface area (Å²) in [7, 11) is 0. The lowest BCUT2D eigenvalue weighted by molar-refractivity contribution is -0.177. The van der Waals surface area contributed by atoms with Crippen molar-refractivity contribution in [1.82, 2.24) is 0 Å². The van der Waals surface area contributed by atoms with Gasteiger partial charge in [0.05, 0.1) is 12.5 Å². The van der Waals surface area contributed by atoms with Crippen LogP contribution in [0.3, 0.4) is 0 Å². The Morgan fingerprint density at radius 2 is 1.70 bits per heavy atom. The van der Waals surface area contributed by atoms with Gasteiger partial charge in [-0.3, -0.25) is 4.79 Å². The number of rotatable bonds is 10. The summed E-state index contributed by atoms with van der Waals surface area (Å²) < 4.78 is 43.0. The molecule has 0 aliphatic heterocycles.